The molecule has 0 aliphatic heterocycles. The van der Waals surface area contributed by atoms with Gasteiger partial charge in [0.1, 0.15) is 0 Å². The maximum Gasteiger partial charge on any atom is 0.469 e. The van der Waals surface area contributed by atoms with E-state index in [1.165, 1.54) is 44.9 Å². The molecular weight excluding hydrogens is 327 g/mol. The normalized spacial score (nSPS) is 15.0. The Labute approximate surface area is 139 Å². The molecule has 0 heterocycles. The molecule has 5 nitrogen and oxygen atoms in total. The van der Waals surface area contributed by atoms with Crippen molar-refractivity contribution in [3.8, 4) is 0 Å². The van der Waals surface area contributed by atoms with Gasteiger partial charge in [0.05, 0.1) is 18.1 Å². The Morgan fingerprint density at radius 2 is 1.41 bits per heavy atom. The van der Waals surface area contributed by atoms with Gasteiger partial charge in [-0.2, -0.15) is 0 Å². The van der Waals surface area contributed by atoms with E-state index in [1.807, 2.05) is 0 Å². The van der Waals surface area contributed by atoms with Crippen LogP contribution in [0, 0.1) is 0 Å². The maximum absolute atomic E-state index is 10.9. The Kier molecular flexibility index (Phi) is 14.0. The van der Waals surface area contributed by atoms with Crippen LogP contribution < -0.4 is 0 Å². The molecule has 0 aliphatic rings. The van der Waals surface area contributed by atoms with Crippen LogP contribution in [0.5, 0.6) is 0 Å². The van der Waals surface area contributed by atoms with Crippen molar-refractivity contribution < 1.29 is 24.0 Å². The van der Waals surface area contributed by atoms with Crippen molar-refractivity contribution in [1.82, 2.24) is 0 Å². The standard InChI is InChI=1S/C15H32ClO5P/c1-2-3-4-5-6-7-8-9-10-11-12-15(14(17)13-16)21-22(18,19)20/h14-15,17H,2-13H2,1H3,(H2,18,19,20). The fraction of sp³-hybridized carbons (Fsp3) is 1.00. The van der Waals surface area contributed by atoms with Crippen LogP contribution in [0.15, 0.2) is 0 Å². The average molecular weight is 359 g/mol. The van der Waals surface area contributed by atoms with Crippen molar-refractivity contribution in [2.24, 2.45) is 0 Å². The van der Waals surface area contributed by atoms with E-state index in [9.17, 15) is 9.67 Å². The SMILES string of the molecule is CCCCCCCCCCCCC(OP(=O)(O)O)C(O)CCl. The zero-order valence-electron chi connectivity index (χ0n) is 13.6. The lowest BCUT2D eigenvalue weighted by Crippen LogP contribution is -2.29. The summed E-state index contributed by atoms with van der Waals surface area (Å²) in [6, 6.07) is 0. The highest BCUT2D eigenvalue weighted by Gasteiger charge is 2.27. The summed E-state index contributed by atoms with van der Waals surface area (Å²) in [4.78, 5) is 17.7. The molecule has 134 valence electrons. The smallest absolute Gasteiger partial charge is 0.389 e. The summed E-state index contributed by atoms with van der Waals surface area (Å²) in [7, 11) is -4.59. The Morgan fingerprint density at radius 1 is 0.955 bits per heavy atom. The third kappa shape index (κ3) is 14.0. The topological polar surface area (TPSA) is 87.0 Å². The van der Waals surface area contributed by atoms with Gasteiger partial charge >= 0.3 is 7.82 Å². The molecule has 3 N–H and O–H groups in total. The number of aliphatic hydroxyl groups excluding tert-OH is 1. The van der Waals surface area contributed by atoms with Gasteiger partial charge in [-0.05, 0) is 6.42 Å². The Balaban J connectivity index is 3.66. The minimum absolute atomic E-state index is 0.0948. The molecule has 7 heteroatoms. The first-order valence-corrected chi connectivity index (χ1v) is 10.4. The number of hydrogen-bond donors (Lipinski definition) is 3. The van der Waals surface area contributed by atoms with Gasteiger partial charge in [0.15, 0.2) is 0 Å². The second-order valence-electron chi connectivity index (χ2n) is 5.83. The van der Waals surface area contributed by atoms with Gasteiger partial charge in [-0.3, -0.25) is 4.52 Å². The van der Waals surface area contributed by atoms with Crippen molar-refractivity contribution in [3.05, 3.63) is 0 Å². The first-order valence-electron chi connectivity index (χ1n) is 8.38. The van der Waals surface area contributed by atoms with E-state index < -0.39 is 20.0 Å². The Bertz CT molecular complexity index is 298. The molecule has 0 saturated heterocycles. The molecule has 2 atom stereocenters. The maximum atomic E-state index is 10.9. The van der Waals surface area contributed by atoms with E-state index in [1.54, 1.807) is 0 Å². The van der Waals surface area contributed by atoms with Crippen LogP contribution in [0.4, 0.5) is 0 Å². The summed E-state index contributed by atoms with van der Waals surface area (Å²) in [5.74, 6) is -0.0948. The highest BCUT2D eigenvalue weighted by Crippen LogP contribution is 2.39. The van der Waals surface area contributed by atoms with Gasteiger partial charge in [-0.25, -0.2) is 4.57 Å². The van der Waals surface area contributed by atoms with Crippen LogP contribution in [0.3, 0.4) is 0 Å². The number of phosphoric ester groups is 1. The molecule has 22 heavy (non-hydrogen) atoms. The minimum Gasteiger partial charge on any atom is -0.389 e. The molecule has 0 aromatic carbocycles. The fourth-order valence-electron chi connectivity index (χ4n) is 2.42. The van der Waals surface area contributed by atoms with E-state index in [0.29, 0.717) is 6.42 Å². The number of halogens is 1. The third-order valence-electron chi connectivity index (χ3n) is 3.70. The number of unbranched alkanes of at least 4 members (excludes halogenated alkanes) is 9. The van der Waals surface area contributed by atoms with Crippen molar-refractivity contribution in [2.45, 2.75) is 89.8 Å². The Hall–Kier alpha value is 0.360. The highest BCUT2D eigenvalue weighted by atomic mass is 35.5. The molecule has 0 spiro atoms. The lowest BCUT2D eigenvalue weighted by atomic mass is 10.0. The van der Waals surface area contributed by atoms with Gasteiger partial charge in [-0.15, -0.1) is 11.6 Å². The van der Waals surface area contributed by atoms with E-state index in [4.69, 9.17) is 21.4 Å². The van der Waals surface area contributed by atoms with Crippen LogP contribution in [0.25, 0.3) is 0 Å². The second-order valence-corrected chi connectivity index (χ2v) is 7.33. The monoisotopic (exact) mass is 358 g/mol. The Morgan fingerprint density at radius 3 is 1.82 bits per heavy atom. The van der Waals surface area contributed by atoms with Gasteiger partial charge in [0.25, 0.3) is 0 Å². The van der Waals surface area contributed by atoms with Gasteiger partial charge in [-0.1, -0.05) is 71.1 Å². The number of phosphoric acid groups is 1. The predicted molar refractivity (Wildman–Crippen MR) is 90.1 cm³/mol. The van der Waals surface area contributed by atoms with Crippen LogP contribution >= 0.6 is 19.4 Å². The fourth-order valence-corrected chi connectivity index (χ4v) is 3.22. The molecule has 0 aromatic rings. The molecule has 0 radical (unpaired) electrons. The molecule has 0 saturated carbocycles. The molecule has 0 amide bonds. The predicted octanol–water partition coefficient (Wildman–Crippen LogP) is 4.38. The summed E-state index contributed by atoms with van der Waals surface area (Å²) in [5, 5.41) is 9.62. The first kappa shape index (κ1) is 22.4. The summed E-state index contributed by atoms with van der Waals surface area (Å²) >= 11 is 5.53. The average Bonchev–Trinajstić information content (AvgIpc) is 2.46. The summed E-state index contributed by atoms with van der Waals surface area (Å²) in [6.07, 6.45) is 10.3. The molecule has 0 bridgehead atoms. The van der Waals surface area contributed by atoms with Gasteiger partial charge in [0, 0.05) is 0 Å². The highest BCUT2D eigenvalue weighted by molar-refractivity contribution is 7.46. The van der Waals surface area contributed by atoms with E-state index >= 15 is 0 Å². The summed E-state index contributed by atoms with van der Waals surface area (Å²) in [5.41, 5.74) is 0. The van der Waals surface area contributed by atoms with Crippen LogP contribution in [-0.2, 0) is 9.09 Å². The van der Waals surface area contributed by atoms with E-state index in [-0.39, 0.29) is 5.88 Å². The van der Waals surface area contributed by atoms with Crippen molar-refractivity contribution >= 4 is 19.4 Å². The summed E-state index contributed by atoms with van der Waals surface area (Å²) < 4.78 is 15.5. The lowest BCUT2D eigenvalue weighted by molar-refractivity contribution is 0.0232. The third-order valence-corrected chi connectivity index (χ3v) is 4.56. The molecule has 0 aromatic heterocycles. The number of aliphatic hydroxyl groups is 1. The first-order chi connectivity index (χ1) is 10.4. The summed E-state index contributed by atoms with van der Waals surface area (Å²) in [6.45, 7) is 2.21. The van der Waals surface area contributed by atoms with Crippen LogP contribution in [-0.4, -0.2) is 33.0 Å². The largest absolute Gasteiger partial charge is 0.469 e. The zero-order chi connectivity index (χ0) is 16.8. The molecule has 0 fully saturated rings. The van der Waals surface area contributed by atoms with Gasteiger partial charge in [0.2, 0.25) is 0 Å². The molecule has 2 unspecified atom stereocenters. The molecule has 0 rings (SSSR count). The number of hydrogen-bond acceptors (Lipinski definition) is 3. The van der Waals surface area contributed by atoms with Crippen molar-refractivity contribution in [1.29, 1.82) is 0 Å². The zero-order valence-corrected chi connectivity index (χ0v) is 15.3. The minimum atomic E-state index is -4.59. The number of rotatable bonds is 15. The van der Waals surface area contributed by atoms with Gasteiger partial charge < -0.3 is 14.9 Å². The molecule has 0 aliphatic carbocycles. The van der Waals surface area contributed by atoms with Crippen LogP contribution in [0.2, 0.25) is 0 Å². The quantitative estimate of drug-likeness (QED) is 0.230. The molecular formula is C15H32ClO5P. The lowest BCUT2D eigenvalue weighted by Gasteiger charge is -2.21. The van der Waals surface area contributed by atoms with Crippen LogP contribution in [0.1, 0.15) is 77.6 Å². The number of alkyl halides is 1. The van der Waals surface area contributed by atoms with Crippen molar-refractivity contribution in [2.75, 3.05) is 5.88 Å². The van der Waals surface area contributed by atoms with E-state index in [2.05, 4.69) is 11.4 Å². The van der Waals surface area contributed by atoms with Crippen molar-refractivity contribution in [3.63, 3.8) is 0 Å². The van der Waals surface area contributed by atoms with E-state index in [0.717, 1.165) is 19.3 Å². The second kappa shape index (κ2) is 13.8.